The molecule has 0 saturated heterocycles. The lowest BCUT2D eigenvalue weighted by Gasteiger charge is -2.16. The lowest BCUT2D eigenvalue weighted by molar-refractivity contribution is -0.135. The van der Waals surface area contributed by atoms with Crippen molar-refractivity contribution in [3.8, 4) is 0 Å². The second kappa shape index (κ2) is 5.11. The third-order valence-corrected chi connectivity index (χ3v) is 3.29. The van der Waals surface area contributed by atoms with Crippen LogP contribution in [-0.2, 0) is 4.79 Å². The Bertz CT molecular complexity index is 602. The molecule has 2 aromatic rings. The fourth-order valence-corrected chi connectivity index (χ4v) is 2.13. The van der Waals surface area contributed by atoms with E-state index < -0.39 is 5.97 Å². The molecule has 0 aliphatic heterocycles. The van der Waals surface area contributed by atoms with Crippen LogP contribution < -0.4 is 4.90 Å². The van der Waals surface area contributed by atoms with Crippen molar-refractivity contribution < 1.29 is 9.90 Å². The normalized spacial score (nSPS) is 10.8. The number of carbonyl (C=O) groups is 1. The number of aromatic nitrogens is 4. The quantitative estimate of drug-likeness (QED) is 0.840. The van der Waals surface area contributed by atoms with E-state index in [4.69, 9.17) is 5.11 Å². The summed E-state index contributed by atoms with van der Waals surface area (Å²) in [5.41, 5.74) is 0.613. The number of fused-ring (bicyclic) bond motifs is 1. The summed E-state index contributed by atoms with van der Waals surface area (Å²) in [7, 11) is 1.65. The summed E-state index contributed by atoms with van der Waals surface area (Å²) in [6.45, 7) is -0.155. The Hall–Kier alpha value is -1.35. The number of thioether (sulfide) groups is 1. The molecule has 0 aromatic carbocycles. The standard InChI is InChI=1S/C9H10BrN5O2S/c1-14(4-6(16)17)9-13-8(18-2)12-7-5(10)3-11-15(7)9/h3H,4H2,1-2H3,(H,16,17). The van der Waals surface area contributed by atoms with Gasteiger partial charge >= 0.3 is 5.97 Å². The molecule has 96 valence electrons. The van der Waals surface area contributed by atoms with Crippen molar-refractivity contribution in [1.82, 2.24) is 19.6 Å². The second-order valence-corrected chi connectivity index (χ2v) is 5.12. The molecule has 0 fully saturated rings. The molecule has 2 aromatic heterocycles. The van der Waals surface area contributed by atoms with Crippen LogP contribution in [0.4, 0.5) is 5.95 Å². The maximum Gasteiger partial charge on any atom is 0.323 e. The number of carboxylic acid groups (broad SMARTS) is 1. The summed E-state index contributed by atoms with van der Waals surface area (Å²) in [6, 6.07) is 0. The van der Waals surface area contributed by atoms with E-state index in [1.54, 1.807) is 13.2 Å². The number of hydrogen-bond donors (Lipinski definition) is 1. The minimum absolute atomic E-state index is 0.155. The van der Waals surface area contributed by atoms with Crippen LogP contribution in [0, 0.1) is 0 Å². The van der Waals surface area contributed by atoms with E-state index >= 15 is 0 Å². The van der Waals surface area contributed by atoms with E-state index in [2.05, 4.69) is 31.0 Å². The monoisotopic (exact) mass is 331 g/mol. The smallest absolute Gasteiger partial charge is 0.323 e. The van der Waals surface area contributed by atoms with Crippen LogP contribution in [-0.4, -0.2) is 50.5 Å². The van der Waals surface area contributed by atoms with Crippen molar-refractivity contribution >= 4 is 45.3 Å². The number of anilines is 1. The number of hydrogen-bond acceptors (Lipinski definition) is 6. The van der Waals surface area contributed by atoms with Crippen molar-refractivity contribution in [2.24, 2.45) is 0 Å². The number of aliphatic carboxylic acids is 1. The zero-order chi connectivity index (χ0) is 13.3. The molecule has 0 aliphatic rings. The van der Waals surface area contributed by atoms with Gasteiger partial charge in [-0.15, -0.1) is 0 Å². The van der Waals surface area contributed by atoms with Crippen molar-refractivity contribution in [2.75, 3.05) is 24.7 Å². The van der Waals surface area contributed by atoms with Crippen LogP contribution in [0.2, 0.25) is 0 Å². The highest BCUT2D eigenvalue weighted by Gasteiger charge is 2.16. The van der Waals surface area contributed by atoms with E-state index in [0.717, 1.165) is 4.47 Å². The molecule has 2 heterocycles. The summed E-state index contributed by atoms with van der Waals surface area (Å²) in [4.78, 5) is 20.8. The van der Waals surface area contributed by atoms with E-state index in [9.17, 15) is 4.79 Å². The molecule has 0 unspecified atom stereocenters. The van der Waals surface area contributed by atoms with Crippen LogP contribution >= 0.6 is 27.7 Å². The molecule has 18 heavy (non-hydrogen) atoms. The van der Waals surface area contributed by atoms with Crippen molar-refractivity contribution in [2.45, 2.75) is 5.16 Å². The van der Waals surface area contributed by atoms with Gasteiger partial charge in [0.15, 0.2) is 10.8 Å². The van der Waals surface area contributed by atoms with Gasteiger partial charge in [-0.05, 0) is 22.2 Å². The Kier molecular flexibility index (Phi) is 3.71. The number of carboxylic acids is 1. The lowest BCUT2D eigenvalue weighted by atomic mass is 10.6. The molecular weight excluding hydrogens is 322 g/mol. The first-order chi connectivity index (χ1) is 8.52. The van der Waals surface area contributed by atoms with Crippen molar-refractivity contribution in [3.63, 3.8) is 0 Å². The summed E-state index contributed by atoms with van der Waals surface area (Å²) in [6.07, 6.45) is 3.46. The Labute approximate surface area is 115 Å². The predicted octanol–water partition coefficient (Wildman–Crippen LogP) is 1.13. The average molecular weight is 332 g/mol. The highest BCUT2D eigenvalue weighted by molar-refractivity contribution is 9.10. The maximum absolute atomic E-state index is 10.7. The molecule has 0 spiro atoms. The largest absolute Gasteiger partial charge is 0.480 e. The van der Waals surface area contributed by atoms with Gasteiger partial charge in [0, 0.05) is 7.05 Å². The molecule has 0 saturated carbocycles. The van der Waals surface area contributed by atoms with Crippen molar-refractivity contribution in [1.29, 1.82) is 0 Å². The fraction of sp³-hybridized carbons (Fsp3) is 0.333. The van der Waals surface area contributed by atoms with Crippen LogP contribution in [0.5, 0.6) is 0 Å². The van der Waals surface area contributed by atoms with Crippen LogP contribution in [0.3, 0.4) is 0 Å². The van der Waals surface area contributed by atoms with E-state index in [0.29, 0.717) is 16.8 Å². The van der Waals surface area contributed by atoms with Gasteiger partial charge in [0.05, 0.1) is 10.7 Å². The third kappa shape index (κ3) is 2.41. The molecule has 0 radical (unpaired) electrons. The summed E-state index contributed by atoms with van der Waals surface area (Å²) in [5, 5.41) is 13.5. The Morgan fingerprint density at radius 2 is 2.33 bits per heavy atom. The van der Waals surface area contributed by atoms with Gasteiger partial charge < -0.3 is 10.0 Å². The molecule has 7 nitrogen and oxygen atoms in total. The van der Waals surface area contributed by atoms with Gasteiger partial charge in [-0.3, -0.25) is 4.79 Å². The number of halogens is 1. The van der Waals surface area contributed by atoms with Crippen LogP contribution in [0.1, 0.15) is 0 Å². The third-order valence-electron chi connectivity index (χ3n) is 2.18. The minimum atomic E-state index is -0.929. The number of nitrogens with zero attached hydrogens (tertiary/aromatic N) is 5. The Morgan fingerprint density at radius 3 is 2.94 bits per heavy atom. The number of rotatable bonds is 4. The van der Waals surface area contributed by atoms with E-state index in [1.165, 1.54) is 21.2 Å². The zero-order valence-electron chi connectivity index (χ0n) is 9.66. The van der Waals surface area contributed by atoms with Crippen molar-refractivity contribution in [3.05, 3.63) is 10.7 Å². The molecule has 0 atom stereocenters. The van der Waals surface area contributed by atoms with Crippen LogP contribution in [0.15, 0.2) is 15.8 Å². The highest BCUT2D eigenvalue weighted by atomic mass is 79.9. The minimum Gasteiger partial charge on any atom is -0.480 e. The zero-order valence-corrected chi connectivity index (χ0v) is 12.1. The Morgan fingerprint density at radius 1 is 1.61 bits per heavy atom. The molecule has 0 amide bonds. The topological polar surface area (TPSA) is 83.6 Å². The first-order valence-corrected chi connectivity index (χ1v) is 6.93. The molecule has 0 aliphatic carbocycles. The SMILES string of the molecule is CSc1nc(N(C)CC(=O)O)n2ncc(Br)c2n1. The summed E-state index contributed by atoms with van der Waals surface area (Å²) in [5.74, 6) is -0.487. The summed E-state index contributed by atoms with van der Waals surface area (Å²) < 4.78 is 2.25. The maximum atomic E-state index is 10.7. The van der Waals surface area contributed by atoms with Crippen LogP contribution in [0.25, 0.3) is 5.65 Å². The van der Waals surface area contributed by atoms with Gasteiger partial charge in [0.25, 0.3) is 0 Å². The lowest BCUT2D eigenvalue weighted by Crippen LogP contribution is -2.28. The van der Waals surface area contributed by atoms with Gasteiger partial charge in [-0.1, -0.05) is 11.8 Å². The molecule has 0 bridgehead atoms. The highest BCUT2D eigenvalue weighted by Crippen LogP contribution is 2.22. The predicted molar refractivity (Wildman–Crippen MR) is 71.2 cm³/mol. The molecule has 9 heteroatoms. The fourth-order valence-electron chi connectivity index (χ4n) is 1.43. The first kappa shape index (κ1) is 13.1. The molecule has 1 N–H and O–H groups in total. The van der Waals surface area contributed by atoms with E-state index in [-0.39, 0.29) is 6.54 Å². The average Bonchev–Trinajstić information content (AvgIpc) is 2.69. The molecular formula is C9H10BrN5O2S. The van der Waals surface area contributed by atoms with Gasteiger partial charge in [-0.25, -0.2) is 4.98 Å². The second-order valence-electron chi connectivity index (χ2n) is 3.49. The summed E-state index contributed by atoms with van der Waals surface area (Å²) >= 11 is 4.73. The van der Waals surface area contributed by atoms with Gasteiger partial charge in [0.1, 0.15) is 6.54 Å². The van der Waals surface area contributed by atoms with E-state index in [1.807, 2.05) is 6.26 Å². The van der Waals surface area contributed by atoms with Gasteiger partial charge in [-0.2, -0.15) is 14.6 Å². The first-order valence-electron chi connectivity index (χ1n) is 4.91. The molecule has 2 rings (SSSR count). The number of likely N-dealkylation sites (N-methyl/N-ethyl adjacent to an activating group) is 1. The Balaban J connectivity index is 2.57. The van der Waals surface area contributed by atoms with Gasteiger partial charge in [0.2, 0.25) is 5.95 Å².